The van der Waals surface area contributed by atoms with E-state index in [9.17, 15) is 9.59 Å². The van der Waals surface area contributed by atoms with Crippen LogP contribution >= 0.6 is 0 Å². The molecule has 0 unspecified atom stereocenters. The predicted molar refractivity (Wildman–Crippen MR) is 83.2 cm³/mol. The fraction of sp³-hybridized carbons (Fsp3) is 0.125. The molecule has 2 aromatic rings. The summed E-state index contributed by atoms with van der Waals surface area (Å²) >= 11 is 0. The Morgan fingerprint density at radius 2 is 1.38 bits per heavy atom. The van der Waals surface area contributed by atoms with E-state index >= 15 is 0 Å². The molecule has 5 heteroatoms. The molecule has 0 saturated carbocycles. The molecule has 0 bridgehead atoms. The van der Waals surface area contributed by atoms with Crippen molar-refractivity contribution in [3.8, 4) is 0 Å². The van der Waals surface area contributed by atoms with Gasteiger partial charge in [0.25, 0.3) is 0 Å². The van der Waals surface area contributed by atoms with Gasteiger partial charge in [-0.1, -0.05) is 29.8 Å². The van der Waals surface area contributed by atoms with E-state index in [0.29, 0.717) is 5.69 Å². The summed E-state index contributed by atoms with van der Waals surface area (Å²) in [6.45, 7) is 1.98. The minimum atomic E-state index is -0.382. The van der Waals surface area contributed by atoms with Crippen LogP contribution in [0.15, 0.2) is 48.5 Å². The van der Waals surface area contributed by atoms with Crippen LogP contribution in [0.4, 0.5) is 16.2 Å². The van der Waals surface area contributed by atoms with Crippen molar-refractivity contribution in [3.05, 3.63) is 59.7 Å². The highest BCUT2D eigenvalue weighted by Gasteiger charge is 2.03. The van der Waals surface area contributed by atoms with Crippen LogP contribution in [0.3, 0.4) is 0 Å². The molecule has 0 aromatic heterocycles. The molecule has 3 amide bonds. The second-order valence-corrected chi connectivity index (χ2v) is 4.79. The van der Waals surface area contributed by atoms with Crippen LogP contribution in [0.2, 0.25) is 0 Å². The van der Waals surface area contributed by atoms with Crippen LogP contribution in [0.25, 0.3) is 0 Å². The molecule has 0 fully saturated rings. The van der Waals surface area contributed by atoms with Crippen molar-refractivity contribution in [2.45, 2.75) is 13.3 Å². The number of carbonyl (C=O) groups excluding carboxylic acids is 2. The lowest BCUT2D eigenvalue weighted by Crippen LogP contribution is -2.19. The summed E-state index contributed by atoms with van der Waals surface area (Å²) in [7, 11) is 0. The summed E-state index contributed by atoms with van der Waals surface area (Å²) in [4.78, 5) is 22.6. The molecule has 5 nitrogen and oxygen atoms in total. The maximum Gasteiger partial charge on any atom is 0.323 e. The van der Waals surface area contributed by atoms with Crippen LogP contribution in [-0.2, 0) is 11.2 Å². The molecule has 21 heavy (non-hydrogen) atoms. The SMILES string of the molecule is Cc1ccc(NC(=O)Nc2ccc(CC(N)=O)cc2)cc1. The maximum atomic E-state index is 11.8. The number of aryl methyl sites for hydroxylation is 1. The van der Waals surface area contributed by atoms with E-state index < -0.39 is 0 Å². The van der Waals surface area contributed by atoms with E-state index in [-0.39, 0.29) is 18.4 Å². The Hall–Kier alpha value is -2.82. The molecule has 0 aliphatic heterocycles. The first-order valence-electron chi connectivity index (χ1n) is 6.55. The van der Waals surface area contributed by atoms with Gasteiger partial charge in [0.1, 0.15) is 0 Å². The molecule has 2 aromatic carbocycles. The molecule has 0 aliphatic rings. The van der Waals surface area contributed by atoms with Crippen molar-refractivity contribution in [3.63, 3.8) is 0 Å². The van der Waals surface area contributed by atoms with Crippen molar-refractivity contribution in [2.24, 2.45) is 5.73 Å². The summed E-state index contributed by atoms with van der Waals surface area (Å²) in [6.07, 6.45) is 0.190. The normalized spacial score (nSPS) is 9.95. The Labute approximate surface area is 123 Å². The Kier molecular flexibility index (Phi) is 4.56. The van der Waals surface area contributed by atoms with Gasteiger partial charge in [0.05, 0.1) is 6.42 Å². The second-order valence-electron chi connectivity index (χ2n) is 4.79. The van der Waals surface area contributed by atoms with Gasteiger partial charge in [-0.25, -0.2) is 4.79 Å². The van der Waals surface area contributed by atoms with E-state index in [4.69, 9.17) is 5.73 Å². The van der Waals surface area contributed by atoms with Gasteiger partial charge in [0.2, 0.25) is 5.91 Å². The lowest BCUT2D eigenvalue weighted by atomic mass is 10.1. The minimum absolute atomic E-state index is 0.190. The summed E-state index contributed by atoms with van der Waals surface area (Å²) in [5.74, 6) is -0.382. The van der Waals surface area contributed by atoms with Gasteiger partial charge in [-0.3, -0.25) is 4.79 Å². The molecular formula is C16H17N3O2. The van der Waals surface area contributed by atoms with Crippen LogP contribution < -0.4 is 16.4 Å². The topological polar surface area (TPSA) is 84.2 Å². The fourth-order valence-electron chi connectivity index (χ4n) is 1.84. The number of nitrogens with two attached hydrogens (primary N) is 1. The molecule has 0 spiro atoms. The van der Waals surface area contributed by atoms with Gasteiger partial charge in [0.15, 0.2) is 0 Å². The third kappa shape index (κ3) is 4.65. The molecule has 0 saturated heterocycles. The van der Waals surface area contributed by atoms with Crippen molar-refractivity contribution < 1.29 is 9.59 Å². The number of urea groups is 1. The lowest BCUT2D eigenvalue weighted by Gasteiger charge is -2.08. The number of carbonyl (C=O) groups is 2. The number of hydrogen-bond acceptors (Lipinski definition) is 2. The minimum Gasteiger partial charge on any atom is -0.369 e. The highest BCUT2D eigenvalue weighted by Crippen LogP contribution is 2.12. The Morgan fingerprint density at radius 3 is 1.86 bits per heavy atom. The average Bonchev–Trinajstić information content (AvgIpc) is 2.43. The van der Waals surface area contributed by atoms with E-state index in [2.05, 4.69) is 10.6 Å². The standard InChI is InChI=1S/C16H17N3O2/c1-11-2-6-13(7-3-11)18-16(21)19-14-8-4-12(5-9-14)10-15(17)20/h2-9H,10H2,1H3,(H2,17,20)(H2,18,19,21). The molecule has 0 heterocycles. The second kappa shape index (κ2) is 6.56. The van der Waals surface area contributed by atoms with Crippen molar-refractivity contribution in [1.29, 1.82) is 0 Å². The molecular weight excluding hydrogens is 266 g/mol. The Morgan fingerprint density at radius 1 is 0.905 bits per heavy atom. The number of rotatable bonds is 4. The highest BCUT2D eigenvalue weighted by molar-refractivity contribution is 5.99. The van der Waals surface area contributed by atoms with Gasteiger partial charge in [-0.15, -0.1) is 0 Å². The van der Waals surface area contributed by atoms with Gasteiger partial charge < -0.3 is 16.4 Å². The van der Waals surface area contributed by atoms with Crippen molar-refractivity contribution >= 4 is 23.3 Å². The van der Waals surface area contributed by atoms with Crippen LogP contribution in [0, 0.1) is 6.92 Å². The van der Waals surface area contributed by atoms with Crippen LogP contribution in [0.1, 0.15) is 11.1 Å². The zero-order valence-electron chi connectivity index (χ0n) is 11.7. The zero-order chi connectivity index (χ0) is 15.2. The number of hydrogen-bond donors (Lipinski definition) is 3. The molecule has 0 aliphatic carbocycles. The predicted octanol–water partition coefficient (Wildman–Crippen LogP) is 2.67. The highest BCUT2D eigenvalue weighted by atomic mass is 16.2. The van der Waals surface area contributed by atoms with E-state index in [1.54, 1.807) is 24.3 Å². The van der Waals surface area contributed by atoms with Gasteiger partial charge in [-0.05, 0) is 36.8 Å². The largest absolute Gasteiger partial charge is 0.369 e. The van der Waals surface area contributed by atoms with Crippen LogP contribution in [-0.4, -0.2) is 11.9 Å². The summed E-state index contributed by atoms with van der Waals surface area (Å²) in [6, 6.07) is 14.2. The Balaban J connectivity index is 1.93. The smallest absolute Gasteiger partial charge is 0.323 e. The zero-order valence-corrected chi connectivity index (χ0v) is 11.7. The van der Waals surface area contributed by atoms with Gasteiger partial charge in [0, 0.05) is 11.4 Å². The Bertz CT molecular complexity index is 634. The number of benzene rings is 2. The number of primary amides is 1. The first kappa shape index (κ1) is 14.6. The molecule has 0 atom stereocenters. The number of nitrogens with one attached hydrogen (secondary N) is 2. The number of amides is 3. The first-order chi connectivity index (χ1) is 10.0. The summed E-state index contributed by atoms with van der Waals surface area (Å²) in [5.41, 5.74) is 8.44. The third-order valence-corrected chi connectivity index (χ3v) is 2.90. The van der Waals surface area contributed by atoms with E-state index in [1.165, 1.54) is 0 Å². The van der Waals surface area contributed by atoms with E-state index in [1.807, 2.05) is 31.2 Å². The summed E-state index contributed by atoms with van der Waals surface area (Å²) in [5, 5.41) is 5.46. The van der Waals surface area contributed by atoms with E-state index in [0.717, 1.165) is 16.8 Å². The number of anilines is 2. The van der Waals surface area contributed by atoms with Gasteiger partial charge >= 0.3 is 6.03 Å². The first-order valence-corrected chi connectivity index (χ1v) is 6.55. The third-order valence-electron chi connectivity index (χ3n) is 2.90. The quantitative estimate of drug-likeness (QED) is 0.806. The van der Waals surface area contributed by atoms with Crippen LogP contribution in [0.5, 0.6) is 0 Å². The monoisotopic (exact) mass is 283 g/mol. The van der Waals surface area contributed by atoms with Gasteiger partial charge in [-0.2, -0.15) is 0 Å². The van der Waals surface area contributed by atoms with Crippen molar-refractivity contribution in [2.75, 3.05) is 10.6 Å². The fourth-order valence-corrected chi connectivity index (χ4v) is 1.84. The molecule has 2 rings (SSSR count). The lowest BCUT2D eigenvalue weighted by molar-refractivity contribution is -0.117. The summed E-state index contributed by atoms with van der Waals surface area (Å²) < 4.78 is 0. The molecule has 4 N–H and O–H groups in total. The maximum absolute atomic E-state index is 11.8. The van der Waals surface area contributed by atoms with Crippen molar-refractivity contribution in [1.82, 2.24) is 0 Å². The average molecular weight is 283 g/mol. The molecule has 108 valence electrons. The molecule has 0 radical (unpaired) electrons.